The van der Waals surface area contributed by atoms with Gasteiger partial charge < -0.3 is 5.32 Å². The molecule has 5 nitrogen and oxygen atoms in total. The van der Waals surface area contributed by atoms with Gasteiger partial charge in [-0.3, -0.25) is 0 Å². The third kappa shape index (κ3) is 4.83. The molecule has 0 aromatic heterocycles. The van der Waals surface area contributed by atoms with Gasteiger partial charge in [0.25, 0.3) is 0 Å². The lowest BCUT2D eigenvalue weighted by Gasteiger charge is -2.24. The van der Waals surface area contributed by atoms with Crippen LogP contribution in [0.3, 0.4) is 0 Å². The minimum Gasteiger partial charge on any atom is -0.384 e. The third-order valence-corrected chi connectivity index (χ3v) is 4.51. The quantitative estimate of drug-likeness (QED) is 0.809. The van der Waals surface area contributed by atoms with Crippen LogP contribution >= 0.6 is 0 Å². The van der Waals surface area contributed by atoms with Crippen LogP contribution in [0.25, 0.3) is 0 Å². The Labute approximate surface area is 121 Å². The van der Waals surface area contributed by atoms with Gasteiger partial charge in [-0.05, 0) is 37.1 Å². The topological polar surface area (TPSA) is 82.0 Å². The summed E-state index contributed by atoms with van der Waals surface area (Å²) in [4.78, 5) is 0.236. The van der Waals surface area contributed by atoms with Crippen LogP contribution in [0.1, 0.15) is 26.7 Å². The van der Waals surface area contributed by atoms with Crippen molar-refractivity contribution in [1.29, 1.82) is 5.26 Å². The van der Waals surface area contributed by atoms with Crippen molar-refractivity contribution in [3.05, 3.63) is 24.3 Å². The molecular formula is C14H21N3O2S. The van der Waals surface area contributed by atoms with Crippen LogP contribution in [-0.2, 0) is 10.0 Å². The Morgan fingerprint density at radius 2 is 2.05 bits per heavy atom. The lowest BCUT2D eigenvalue weighted by molar-refractivity contribution is 0.364. The van der Waals surface area contributed by atoms with Crippen LogP contribution in [-0.4, -0.2) is 22.0 Å². The van der Waals surface area contributed by atoms with Crippen molar-refractivity contribution in [1.82, 2.24) is 4.72 Å². The van der Waals surface area contributed by atoms with Crippen LogP contribution in [0.15, 0.2) is 29.2 Å². The molecule has 0 heterocycles. The first-order valence-corrected chi connectivity index (χ1v) is 7.93. The van der Waals surface area contributed by atoms with Gasteiger partial charge in [0.1, 0.15) is 0 Å². The van der Waals surface area contributed by atoms with Gasteiger partial charge in [-0.25, -0.2) is 13.1 Å². The fourth-order valence-corrected chi connectivity index (χ4v) is 2.49. The van der Waals surface area contributed by atoms with Gasteiger partial charge in [0.15, 0.2) is 0 Å². The maximum Gasteiger partial charge on any atom is 0.240 e. The van der Waals surface area contributed by atoms with Gasteiger partial charge in [-0.2, -0.15) is 5.26 Å². The number of hydrogen-bond donors (Lipinski definition) is 2. The van der Waals surface area contributed by atoms with Gasteiger partial charge in [0.2, 0.25) is 10.0 Å². The summed E-state index contributed by atoms with van der Waals surface area (Å²) in [5.41, 5.74) is 0.736. The Morgan fingerprint density at radius 3 is 2.65 bits per heavy atom. The third-order valence-electron chi connectivity index (χ3n) is 3.10. The van der Waals surface area contributed by atoms with Gasteiger partial charge in [-0.1, -0.05) is 19.9 Å². The normalized spacial score (nSPS) is 11.9. The Hall–Kier alpha value is -1.58. The molecule has 1 rings (SSSR count). The van der Waals surface area contributed by atoms with E-state index < -0.39 is 10.0 Å². The highest BCUT2D eigenvalue weighted by Gasteiger charge is 2.17. The number of nitrogens with zero attached hydrogens (tertiary/aromatic N) is 1. The number of rotatable bonds is 7. The van der Waals surface area contributed by atoms with Crippen molar-refractivity contribution in [2.24, 2.45) is 5.41 Å². The van der Waals surface area contributed by atoms with E-state index in [9.17, 15) is 8.42 Å². The van der Waals surface area contributed by atoms with E-state index in [0.29, 0.717) is 13.0 Å². The maximum absolute atomic E-state index is 11.7. The molecule has 0 aliphatic rings. The number of hydrogen-bond acceptors (Lipinski definition) is 4. The van der Waals surface area contributed by atoms with E-state index in [-0.39, 0.29) is 10.3 Å². The summed E-state index contributed by atoms with van der Waals surface area (Å²) in [5, 5.41) is 11.9. The lowest BCUT2D eigenvalue weighted by atomic mass is 9.88. The SMILES string of the molecule is CNS(=O)(=O)c1cccc(NCC(C)(C)CCC#N)c1. The smallest absolute Gasteiger partial charge is 0.240 e. The monoisotopic (exact) mass is 295 g/mol. The molecule has 0 spiro atoms. The van der Waals surface area contributed by atoms with E-state index in [1.165, 1.54) is 7.05 Å². The molecule has 0 fully saturated rings. The van der Waals surface area contributed by atoms with Crippen molar-refractivity contribution in [2.75, 3.05) is 18.9 Å². The van der Waals surface area contributed by atoms with E-state index in [1.54, 1.807) is 18.2 Å². The van der Waals surface area contributed by atoms with Crippen molar-refractivity contribution >= 4 is 15.7 Å². The molecule has 0 unspecified atom stereocenters. The molecule has 1 aromatic carbocycles. The zero-order valence-electron chi connectivity index (χ0n) is 12.1. The van der Waals surface area contributed by atoms with Crippen molar-refractivity contribution in [3.63, 3.8) is 0 Å². The second-order valence-corrected chi connectivity index (χ2v) is 7.30. The predicted octanol–water partition coefficient (Wildman–Crippen LogP) is 2.34. The van der Waals surface area contributed by atoms with E-state index in [4.69, 9.17) is 5.26 Å². The summed E-state index contributed by atoms with van der Waals surface area (Å²) < 4.78 is 25.7. The number of nitriles is 1. The van der Waals surface area contributed by atoms with E-state index >= 15 is 0 Å². The molecule has 0 amide bonds. The molecule has 0 aliphatic carbocycles. The fourth-order valence-electron chi connectivity index (χ4n) is 1.72. The standard InChI is InChI=1S/C14H21N3O2S/c1-14(2,8-5-9-15)11-17-12-6-4-7-13(10-12)20(18,19)16-3/h4,6-7,10,16-17H,5,8,11H2,1-3H3. The van der Waals surface area contributed by atoms with E-state index in [1.807, 2.05) is 6.07 Å². The van der Waals surface area contributed by atoms with Crippen LogP contribution in [0, 0.1) is 16.7 Å². The number of anilines is 1. The second kappa shape index (κ2) is 6.73. The average molecular weight is 295 g/mol. The molecule has 20 heavy (non-hydrogen) atoms. The molecular weight excluding hydrogens is 274 g/mol. The van der Waals surface area contributed by atoms with Crippen LogP contribution < -0.4 is 10.0 Å². The van der Waals surface area contributed by atoms with Crippen LogP contribution in [0.2, 0.25) is 0 Å². The molecule has 2 N–H and O–H groups in total. The first-order chi connectivity index (χ1) is 9.30. The average Bonchev–Trinajstić information content (AvgIpc) is 2.43. The molecule has 110 valence electrons. The summed E-state index contributed by atoms with van der Waals surface area (Å²) in [6, 6.07) is 8.83. The maximum atomic E-state index is 11.7. The largest absolute Gasteiger partial charge is 0.384 e. The number of nitrogens with one attached hydrogen (secondary N) is 2. The van der Waals surface area contributed by atoms with E-state index in [2.05, 4.69) is 30.0 Å². The van der Waals surface area contributed by atoms with Crippen molar-refractivity contribution < 1.29 is 8.42 Å². The molecule has 0 radical (unpaired) electrons. The lowest BCUT2D eigenvalue weighted by Crippen LogP contribution is -2.23. The molecule has 0 bridgehead atoms. The van der Waals surface area contributed by atoms with Gasteiger partial charge in [0, 0.05) is 18.7 Å². The summed E-state index contributed by atoms with van der Waals surface area (Å²) in [5.74, 6) is 0. The number of benzene rings is 1. The molecule has 0 atom stereocenters. The summed E-state index contributed by atoms with van der Waals surface area (Å²) in [6.45, 7) is 4.83. The molecule has 0 saturated carbocycles. The first kappa shape index (κ1) is 16.5. The van der Waals surface area contributed by atoms with Gasteiger partial charge in [0.05, 0.1) is 11.0 Å². The van der Waals surface area contributed by atoms with Crippen LogP contribution in [0.4, 0.5) is 5.69 Å². The fraction of sp³-hybridized carbons (Fsp3) is 0.500. The van der Waals surface area contributed by atoms with E-state index in [0.717, 1.165) is 12.1 Å². The summed E-state index contributed by atoms with van der Waals surface area (Å²) in [6.07, 6.45) is 1.31. The molecule has 6 heteroatoms. The van der Waals surface area contributed by atoms with Crippen molar-refractivity contribution in [2.45, 2.75) is 31.6 Å². The molecule has 1 aromatic rings. The highest BCUT2D eigenvalue weighted by molar-refractivity contribution is 7.89. The number of sulfonamides is 1. The van der Waals surface area contributed by atoms with Crippen LogP contribution in [0.5, 0.6) is 0 Å². The summed E-state index contributed by atoms with van der Waals surface area (Å²) >= 11 is 0. The predicted molar refractivity (Wildman–Crippen MR) is 79.8 cm³/mol. The highest BCUT2D eigenvalue weighted by Crippen LogP contribution is 2.23. The second-order valence-electron chi connectivity index (χ2n) is 5.41. The zero-order chi connectivity index (χ0) is 15.2. The molecule has 0 saturated heterocycles. The Morgan fingerprint density at radius 1 is 1.35 bits per heavy atom. The Bertz CT molecular complexity index is 589. The first-order valence-electron chi connectivity index (χ1n) is 6.45. The Balaban J connectivity index is 2.75. The Kier molecular flexibility index (Phi) is 5.54. The minimum absolute atomic E-state index is 0.0202. The highest BCUT2D eigenvalue weighted by atomic mass is 32.2. The van der Waals surface area contributed by atoms with Gasteiger partial charge in [-0.15, -0.1) is 0 Å². The summed E-state index contributed by atoms with van der Waals surface area (Å²) in [7, 11) is -2.03. The minimum atomic E-state index is -3.42. The zero-order valence-corrected chi connectivity index (χ0v) is 12.9. The van der Waals surface area contributed by atoms with Gasteiger partial charge >= 0.3 is 0 Å². The van der Waals surface area contributed by atoms with Crippen molar-refractivity contribution in [3.8, 4) is 6.07 Å². The molecule has 0 aliphatic heterocycles.